The van der Waals surface area contributed by atoms with Gasteiger partial charge >= 0.3 is 0 Å². The van der Waals surface area contributed by atoms with Crippen molar-refractivity contribution >= 4 is 44.5 Å². The second-order valence-corrected chi connectivity index (χ2v) is 11.0. The molecule has 0 saturated heterocycles. The second-order valence-electron chi connectivity index (χ2n) is 11.0. The Hall–Kier alpha value is -5.50. The molecule has 0 unspecified atom stereocenters. The first-order valence-corrected chi connectivity index (χ1v) is 14.3. The van der Waals surface area contributed by atoms with Gasteiger partial charge in [0.1, 0.15) is 17.2 Å². The number of furan rings is 1. The quantitative estimate of drug-likeness (QED) is 0.145. The lowest BCUT2D eigenvalue weighted by Gasteiger charge is -2.31. The van der Waals surface area contributed by atoms with Crippen LogP contribution in [0.25, 0.3) is 32.7 Å². The number of nitrogens with one attached hydrogen (secondary N) is 5. The first-order valence-electron chi connectivity index (χ1n) is 14.3. The standard InChI is InChI=1S/C35H31N5O3/c1-35(27-20-37-30-14-6-3-11-25(27)30,28-21-38-31-15-7-4-12-26(28)31)34(42)40-32(33(41)39-19-23-9-8-16-43-23)17-22-18-36-29-13-5-2-10-24(22)29/h2-16,18,20-21,32,36-38H,17,19H2,1H3,(H,39,41)(H,40,42)/t32-/m0/s1. The molecule has 0 fully saturated rings. The van der Waals surface area contributed by atoms with Crippen molar-refractivity contribution in [3.05, 3.63) is 132 Å². The molecule has 5 N–H and O–H groups in total. The normalized spacial score (nSPS) is 12.6. The molecule has 8 heteroatoms. The van der Waals surface area contributed by atoms with Crippen LogP contribution in [0.3, 0.4) is 0 Å². The zero-order valence-electron chi connectivity index (χ0n) is 23.6. The van der Waals surface area contributed by atoms with Crippen LogP contribution in [0.2, 0.25) is 0 Å². The summed E-state index contributed by atoms with van der Waals surface area (Å²) in [5.41, 5.74) is 4.29. The number of fused-ring (bicyclic) bond motifs is 3. The van der Waals surface area contributed by atoms with Gasteiger partial charge in [0.15, 0.2) is 0 Å². The third-order valence-electron chi connectivity index (χ3n) is 8.45. The smallest absolute Gasteiger partial charge is 0.243 e. The molecule has 43 heavy (non-hydrogen) atoms. The fourth-order valence-electron chi connectivity index (χ4n) is 6.10. The van der Waals surface area contributed by atoms with Gasteiger partial charge in [-0.1, -0.05) is 54.6 Å². The van der Waals surface area contributed by atoms with Crippen molar-refractivity contribution in [2.24, 2.45) is 0 Å². The Bertz CT molecular complexity index is 1990. The molecular weight excluding hydrogens is 538 g/mol. The van der Waals surface area contributed by atoms with Crippen molar-refractivity contribution in [3.63, 3.8) is 0 Å². The molecule has 0 aliphatic carbocycles. The summed E-state index contributed by atoms with van der Waals surface area (Å²) in [4.78, 5) is 38.5. The maximum atomic E-state index is 14.7. The van der Waals surface area contributed by atoms with Crippen molar-refractivity contribution < 1.29 is 14.0 Å². The monoisotopic (exact) mass is 569 g/mol. The SMILES string of the molecule is CC(C(=O)N[C@@H](Cc1c[nH]c2ccccc12)C(=O)NCc1ccco1)(c1c[nH]c2ccccc12)c1c[nH]c2ccccc12. The Kier molecular flexibility index (Phi) is 6.58. The molecule has 7 rings (SSSR count). The summed E-state index contributed by atoms with van der Waals surface area (Å²) in [6, 6.07) is 26.6. The van der Waals surface area contributed by atoms with Gasteiger partial charge in [-0.05, 0) is 53.9 Å². The minimum Gasteiger partial charge on any atom is -0.467 e. The minimum atomic E-state index is -1.14. The van der Waals surface area contributed by atoms with E-state index in [0.717, 1.165) is 49.4 Å². The van der Waals surface area contributed by atoms with Crippen LogP contribution in [-0.4, -0.2) is 32.8 Å². The minimum absolute atomic E-state index is 0.217. The highest BCUT2D eigenvalue weighted by atomic mass is 16.3. The van der Waals surface area contributed by atoms with E-state index in [1.165, 1.54) is 0 Å². The fourth-order valence-corrected chi connectivity index (χ4v) is 6.10. The number of para-hydroxylation sites is 3. The van der Waals surface area contributed by atoms with E-state index in [1.807, 2.05) is 98.3 Å². The molecule has 1 atom stereocenters. The summed E-state index contributed by atoms with van der Waals surface area (Å²) >= 11 is 0. The average Bonchev–Trinajstić information content (AvgIpc) is 3.85. The van der Waals surface area contributed by atoms with Gasteiger partial charge in [0.25, 0.3) is 0 Å². The number of benzene rings is 3. The Morgan fingerprint density at radius 2 is 1.30 bits per heavy atom. The lowest BCUT2D eigenvalue weighted by Crippen LogP contribution is -2.53. The van der Waals surface area contributed by atoms with Crippen LogP contribution < -0.4 is 10.6 Å². The van der Waals surface area contributed by atoms with Crippen LogP contribution in [0, 0.1) is 0 Å². The highest BCUT2D eigenvalue weighted by Gasteiger charge is 2.42. The van der Waals surface area contributed by atoms with E-state index >= 15 is 0 Å². The number of aromatic amines is 3. The molecule has 8 nitrogen and oxygen atoms in total. The van der Waals surface area contributed by atoms with Gasteiger partial charge in [-0.3, -0.25) is 9.59 Å². The molecule has 0 aliphatic heterocycles. The van der Waals surface area contributed by atoms with Crippen LogP contribution in [0.5, 0.6) is 0 Å². The Balaban J connectivity index is 1.30. The molecule has 0 bridgehead atoms. The van der Waals surface area contributed by atoms with E-state index in [1.54, 1.807) is 18.4 Å². The summed E-state index contributed by atoms with van der Waals surface area (Å²) in [5, 5.41) is 9.04. The predicted octanol–water partition coefficient (Wildman–Crippen LogP) is 6.07. The van der Waals surface area contributed by atoms with Crippen molar-refractivity contribution in [2.45, 2.75) is 31.3 Å². The van der Waals surface area contributed by atoms with Crippen LogP contribution in [0.4, 0.5) is 0 Å². The maximum absolute atomic E-state index is 14.7. The molecule has 0 radical (unpaired) electrons. The molecule has 3 aromatic carbocycles. The van der Waals surface area contributed by atoms with Gasteiger partial charge in [0.2, 0.25) is 11.8 Å². The molecule has 4 aromatic heterocycles. The predicted molar refractivity (Wildman–Crippen MR) is 168 cm³/mol. The van der Waals surface area contributed by atoms with Crippen LogP contribution in [-0.2, 0) is 28.0 Å². The summed E-state index contributed by atoms with van der Waals surface area (Å²) in [5.74, 6) is 0.0585. The zero-order valence-corrected chi connectivity index (χ0v) is 23.6. The summed E-state index contributed by atoms with van der Waals surface area (Å²) in [7, 11) is 0. The fraction of sp³-hybridized carbons (Fsp3) is 0.143. The molecule has 2 amide bonds. The van der Waals surface area contributed by atoms with Gasteiger partial charge in [0.05, 0.1) is 12.8 Å². The van der Waals surface area contributed by atoms with Crippen molar-refractivity contribution in [2.75, 3.05) is 0 Å². The second kappa shape index (κ2) is 10.7. The highest BCUT2D eigenvalue weighted by molar-refractivity contribution is 6.03. The van der Waals surface area contributed by atoms with Gasteiger partial charge in [0, 0.05) is 57.7 Å². The van der Waals surface area contributed by atoms with Gasteiger partial charge in [-0.2, -0.15) is 0 Å². The first kappa shape index (κ1) is 26.4. The van der Waals surface area contributed by atoms with Crippen molar-refractivity contribution in [1.29, 1.82) is 0 Å². The third-order valence-corrected chi connectivity index (χ3v) is 8.45. The lowest BCUT2D eigenvalue weighted by molar-refractivity contribution is -0.131. The van der Waals surface area contributed by atoms with E-state index in [9.17, 15) is 9.59 Å². The van der Waals surface area contributed by atoms with E-state index < -0.39 is 11.5 Å². The number of carbonyl (C=O) groups is 2. The molecule has 214 valence electrons. The Morgan fingerprint density at radius 3 is 1.91 bits per heavy atom. The van der Waals surface area contributed by atoms with Gasteiger partial charge in [-0.15, -0.1) is 0 Å². The lowest BCUT2D eigenvalue weighted by atomic mass is 9.75. The number of carbonyl (C=O) groups excluding carboxylic acids is 2. The van der Waals surface area contributed by atoms with Gasteiger partial charge < -0.3 is 30.0 Å². The van der Waals surface area contributed by atoms with Gasteiger partial charge in [-0.25, -0.2) is 0 Å². The number of amides is 2. The zero-order chi connectivity index (χ0) is 29.4. The molecular formula is C35H31N5O3. The molecule has 7 aromatic rings. The van der Waals surface area contributed by atoms with E-state index in [0.29, 0.717) is 12.2 Å². The van der Waals surface area contributed by atoms with Crippen LogP contribution in [0.1, 0.15) is 29.4 Å². The number of rotatable bonds is 9. The number of hydrogen-bond acceptors (Lipinski definition) is 3. The van der Waals surface area contributed by atoms with Crippen LogP contribution >= 0.6 is 0 Å². The van der Waals surface area contributed by atoms with E-state index in [-0.39, 0.29) is 18.4 Å². The molecule has 0 aliphatic rings. The topological polar surface area (TPSA) is 119 Å². The average molecular weight is 570 g/mol. The van der Waals surface area contributed by atoms with E-state index in [4.69, 9.17) is 4.42 Å². The Labute approximate surface area is 247 Å². The summed E-state index contributed by atoms with van der Waals surface area (Å²) < 4.78 is 5.43. The number of H-pyrrole nitrogens is 3. The molecule has 4 heterocycles. The first-order chi connectivity index (χ1) is 21.0. The largest absolute Gasteiger partial charge is 0.467 e. The van der Waals surface area contributed by atoms with Crippen LogP contribution in [0.15, 0.2) is 114 Å². The number of aromatic nitrogens is 3. The molecule has 0 saturated carbocycles. The highest BCUT2D eigenvalue weighted by Crippen LogP contribution is 2.40. The third kappa shape index (κ3) is 4.67. The Morgan fingerprint density at radius 1 is 0.744 bits per heavy atom. The van der Waals surface area contributed by atoms with Crippen molar-refractivity contribution in [3.8, 4) is 0 Å². The summed E-state index contributed by atoms with van der Waals surface area (Å²) in [6.07, 6.45) is 7.58. The van der Waals surface area contributed by atoms with Crippen molar-refractivity contribution in [1.82, 2.24) is 25.6 Å². The van der Waals surface area contributed by atoms with E-state index in [2.05, 4.69) is 25.6 Å². The maximum Gasteiger partial charge on any atom is 0.243 e. The molecule has 0 spiro atoms. The summed E-state index contributed by atoms with van der Waals surface area (Å²) in [6.45, 7) is 2.14. The number of hydrogen-bond donors (Lipinski definition) is 5.